The molecule has 0 aliphatic carbocycles. The summed E-state index contributed by atoms with van der Waals surface area (Å²) in [6, 6.07) is 10.9. The van der Waals surface area contributed by atoms with Gasteiger partial charge < -0.3 is 14.5 Å². The van der Waals surface area contributed by atoms with Gasteiger partial charge in [0, 0.05) is 44.5 Å². The Morgan fingerprint density at radius 1 is 1.08 bits per heavy atom. The van der Waals surface area contributed by atoms with Gasteiger partial charge >= 0.3 is 0 Å². The molecule has 6 nitrogen and oxygen atoms in total. The second kappa shape index (κ2) is 7.34. The summed E-state index contributed by atoms with van der Waals surface area (Å²) in [7, 11) is 1.62. The number of carbonyl (C=O) groups excluding carboxylic acids is 2. The van der Waals surface area contributed by atoms with Crippen LogP contribution in [0.15, 0.2) is 48.8 Å². The van der Waals surface area contributed by atoms with Crippen LogP contribution >= 0.6 is 0 Å². The quantitative estimate of drug-likeness (QED) is 0.859. The topological polar surface area (TPSA) is 62.7 Å². The molecule has 3 rings (SSSR count). The van der Waals surface area contributed by atoms with E-state index in [1.54, 1.807) is 43.5 Å². The molecule has 2 aromatic rings. The summed E-state index contributed by atoms with van der Waals surface area (Å²) in [4.78, 5) is 32.3. The Hall–Kier alpha value is -2.89. The fraction of sp³-hybridized carbons (Fsp3) is 0.316. The highest BCUT2D eigenvalue weighted by Crippen LogP contribution is 2.28. The lowest BCUT2D eigenvalue weighted by atomic mass is 10.0. The molecule has 0 radical (unpaired) electrons. The molecule has 130 valence electrons. The maximum absolute atomic E-state index is 12.7. The van der Waals surface area contributed by atoms with E-state index in [-0.39, 0.29) is 17.9 Å². The van der Waals surface area contributed by atoms with E-state index in [9.17, 15) is 9.59 Å². The summed E-state index contributed by atoms with van der Waals surface area (Å²) >= 11 is 0. The van der Waals surface area contributed by atoms with Crippen LogP contribution in [0.5, 0.6) is 5.75 Å². The van der Waals surface area contributed by atoms with Crippen molar-refractivity contribution in [3.05, 3.63) is 59.9 Å². The average Bonchev–Trinajstić information content (AvgIpc) is 2.67. The number of hydrogen-bond donors (Lipinski definition) is 0. The van der Waals surface area contributed by atoms with E-state index in [4.69, 9.17) is 4.74 Å². The average molecular weight is 339 g/mol. The van der Waals surface area contributed by atoms with Crippen LogP contribution < -0.4 is 4.74 Å². The number of amides is 2. The predicted octanol–water partition coefficient (Wildman–Crippen LogP) is 2.14. The van der Waals surface area contributed by atoms with Crippen LogP contribution in [0.4, 0.5) is 0 Å². The number of methoxy groups -OCH3 is 1. The number of aromatic nitrogens is 1. The molecule has 25 heavy (non-hydrogen) atoms. The smallest absolute Gasteiger partial charge is 0.254 e. The van der Waals surface area contributed by atoms with Crippen LogP contribution in [-0.2, 0) is 4.79 Å². The lowest BCUT2D eigenvalue weighted by Gasteiger charge is -2.41. The minimum atomic E-state index is -0.164. The molecule has 0 saturated carbocycles. The van der Waals surface area contributed by atoms with Crippen molar-refractivity contribution < 1.29 is 14.3 Å². The highest BCUT2D eigenvalue weighted by Gasteiger charge is 2.32. The first kappa shape index (κ1) is 17.0. The van der Waals surface area contributed by atoms with E-state index in [1.165, 1.54) is 0 Å². The van der Waals surface area contributed by atoms with Crippen molar-refractivity contribution in [3.8, 4) is 5.75 Å². The molecular weight excluding hydrogens is 318 g/mol. The number of piperazine rings is 1. The van der Waals surface area contributed by atoms with E-state index in [1.807, 2.05) is 29.2 Å². The first-order valence-electron chi connectivity index (χ1n) is 8.20. The maximum Gasteiger partial charge on any atom is 0.254 e. The lowest BCUT2D eigenvalue weighted by Crippen LogP contribution is -2.51. The van der Waals surface area contributed by atoms with Crippen molar-refractivity contribution in [1.29, 1.82) is 0 Å². The number of pyridine rings is 1. The van der Waals surface area contributed by atoms with Crippen molar-refractivity contribution in [2.75, 3.05) is 26.7 Å². The monoisotopic (exact) mass is 339 g/mol. The second-order valence-corrected chi connectivity index (χ2v) is 5.99. The van der Waals surface area contributed by atoms with Crippen LogP contribution in [0.2, 0.25) is 0 Å². The van der Waals surface area contributed by atoms with Gasteiger partial charge in [-0.2, -0.15) is 0 Å². The Kier molecular flexibility index (Phi) is 4.97. The number of nitrogens with zero attached hydrogens (tertiary/aromatic N) is 3. The van der Waals surface area contributed by atoms with Gasteiger partial charge in [0.05, 0.1) is 13.2 Å². The molecule has 0 bridgehead atoms. The number of ether oxygens (including phenoxy) is 1. The van der Waals surface area contributed by atoms with Crippen molar-refractivity contribution >= 4 is 11.8 Å². The summed E-state index contributed by atoms with van der Waals surface area (Å²) in [5.41, 5.74) is 1.60. The van der Waals surface area contributed by atoms with Crippen molar-refractivity contribution in [3.63, 3.8) is 0 Å². The van der Waals surface area contributed by atoms with E-state index in [0.717, 1.165) is 11.3 Å². The first-order chi connectivity index (χ1) is 12.1. The third-order valence-corrected chi connectivity index (χ3v) is 4.50. The molecule has 1 aliphatic rings. The van der Waals surface area contributed by atoms with Gasteiger partial charge in [-0.15, -0.1) is 0 Å². The Labute approximate surface area is 147 Å². The summed E-state index contributed by atoms with van der Waals surface area (Å²) in [5.74, 6) is 0.736. The molecule has 1 saturated heterocycles. The molecule has 1 fully saturated rings. The number of hydrogen-bond acceptors (Lipinski definition) is 4. The standard InChI is InChI=1S/C19H21N3O3/c1-14(23)22-12-11-21(19(24)16-7-9-20-10-8-16)13-18(22)15-3-5-17(25-2)6-4-15/h3-10,18H,11-13H2,1-2H3/t18-/m1/s1. The third kappa shape index (κ3) is 3.63. The molecule has 2 amide bonds. The van der Waals surface area contributed by atoms with Gasteiger partial charge in [0.1, 0.15) is 5.75 Å². The van der Waals surface area contributed by atoms with Crippen LogP contribution in [0.3, 0.4) is 0 Å². The van der Waals surface area contributed by atoms with Crippen LogP contribution in [-0.4, -0.2) is 53.3 Å². The van der Waals surface area contributed by atoms with E-state index in [0.29, 0.717) is 25.2 Å². The van der Waals surface area contributed by atoms with Gasteiger partial charge in [0.25, 0.3) is 5.91 Å². The van der Waals surface area contributed by atoms with Crippen molar-refractivity contribution in [2.24, 2.45) is 0 Å². The summed E-state index contributed by atoms with van der Waals surface area (Å²) < 4.78 is 5.20. The minimum absolute atomic E-state index is 0.0110. The van der Waals surface area contributed by atoms with Gasteiger partial charge in [-0.25, -0.2) is 0 Å². The molecule has 2 heterocycles. The molecule has 1 aliphatic heterocycles. The minimum Gasteiger partial charge on any atom is -0.497 e. The molecule has 1 aromatic heterocycles. The zero-order chi connectivity index (χ0) is 17.8. The number of benzene rings is 1. The Bertz CT molecular complexity index is 746. The first-order valence-corrected chi connectivity index (χ1v) is 8.20. The molecule has 0 unspecified atom stereocenters. The molecule has 6 heteroatoms. The Morgan fingerprint density at radius 2 is 1.76 bits per heavy atom. The van der Waals surface area contributed by atoms with E-state index < -0.39 is 0 Å². The Balaban J connectivity index is 1.84. The van der Waals surface area contributed by atoms with E-state index >= 15 is 0 Å². The summed E-state index contributed by atoms with van der Waals surface area (Å²) in [6.07, 6.45) is 3.22. The van der Waals surface area contributed by atoms with Gasteiger partial charge in [-0.05, 0) is 29.8 Å². The zero-order valence-corrected chi connectivity index (χ0v) is 14.4. The van der Waals surface area contributed by atoms with Crippen molar-refractivity contribution in [2.45, 2.75) is 13.0 Å². The highest BCUT2D eigenvalue weighted by atomic mass is 16.5. The third-order valence-electron chi connectivity index (χ3n) is 4.50. The fourth-order valence-corrected chi connectivity index (χ4v) is 3.13. The van der Waals surface area contributed by atoms with Crippen molar-refractivity contribution in [1.82, 2.24) is 14.8 Å². The van der Waals surface area contributed by atoms with Gasteiger partial charge in [0.2, 0.25) is 5.91 Å². The predicted molar refractivity (Wildman–Crippen MR) is 93.3 cm³/mol. The van der Waals surface area contributed by atoms with Gasteiger partial charge in [-0.3, -0.25) is 14.6 Å². The normalized spacial score (nSPS) is 17.3. The Morgan fingerprint density at radius 3 is 2.36 bits per heavy atom. The molecule has 1 aromatic carbocycles. The SMILES string of the molecule is COc1ccc([C@H]2CN(C(=O)c3ccncc3)CCN2C(C)=O)cc1. The second-order valence-electron chi connectivity index (χ2n) is 5.99. The number of carbonyl (C=O) groups is 2. The zero-order valence-electron chi connectivity index (χ0n) is 14.4. The summed E-state index contributed by atoms with van der Waals surface area (Å²) in [6.45, 7) is 3.07. The van der Waals surface area contributed by atoms with Gasteiger partial charge in [-0.1, -0.05) is 12.1 Å². The van der Waals surface area contributed by atoms with E-state index in [2.05, 4.69) is 4.98 Å². The highest BCUT2D eigenvalue weighted by molar-refractivity contribution is 5.94. The molecule has 0 spiro atoms. The lowest BCUT2D eigenvalue weighted by molar-refractivity contribution is -0.133. The summed E-state index contributed by atoms with van der Waals surface area (Å²) in [5, 5.41) is 0. The van der Waals surface area contributed by atoms with Crippen LogP contribution in [0.25, 0.3) is 0 Å². The van der Waals surface area contributed by atoms with Gasteiger partial charge in [0.15, 0.2) is 0 Å². The fourth-order valence-electron chi connectivity index (χ4n) is 3.13. The maximum atomic E-state index is 12.7. The van der Waals surface area contributed by atoms with Crippen LogP contribution in [0, 0.1) is 0 Å². The largest absolute Gasteiger partial charge is 0.497 e. The molecule has 1 atom stereocenters. The molecule has 0 N–H and O–H groups in total. The molecular formula is C19H21N3O3. The number of rotatable bonds is 3. The van der Waals surface area contributed by atoms with Crippen LogP contribution in [0.1, 0.15) is 28.9 Å².